The highest BCUT2D eigenvalue weighted by Gasteiger charge is 2.27. The Morgan fingerprint density at radius 3 is 2.12 bits per heavy atom. The van der Waals surface area contributed by atoms with E-state index < -0.39 is 0 Å². The van der Waals surface area contributed by atoms with Crippen molar-refractivity contribution in [2.75, 3.05) is 6.61 Å². The van der Waals surface area contributed by atoms with Crippen LogP contribution in [0.1, 0.15) is 53.4 Å². The van der Waals surface area contributed by atoms with Crippen molar-refractivity contribution in [2.24, 2.45) is 17.8 Å². The number of carbonyl (C=O) groups excluding carboxylic acids is 1. The van der Waals surface area contributed by atoms with E-state index in [1.54, 1.807) is 0 Å². The molecule has 0 spiro atoms. The molecule has 2 nitrogen and oxygen atoms in total. The average Bonchev–Trinajstić information content (AvgIpc) is 2.26. The van der Waals surface area contributed by atoms with Gasteiger partial charge in [0.25, 0.3) is 0 Å². The molecule has 1 fully saturated rings. The van der Waals surface area contributed by atoms with Gasteiger partial charge in [0.1, 0.15) is 5.78 Å². The molecule has 2 heteroatoms. The van der Waals surface area contributed by atoms with Crippen molar-refractivity contribution >= 4 is 5.78 Å². The third-order valence-corrected chi connectivity index (χ3v) is 3.48. The van der Waals surface area contributed by atoms with Gasteiger partial charge in [-0.15, -0.1) is 0 Å². The Kier molecular flexibility index (Phi) is 5.47. The lowest BCUT2D eigenvalue weighted by Gasteiger charge is -2.28. The molecule has 0 saturated heterocycles. The van der Waals surface area contributed by atoms with E-state index in [-0.39, 0.29) is 5.92 Å². The molecule has 1 aliphatic carbocycles. The number of hydrogen-bond acceptors (Lipinski definition) is 2. The van der Waals surface area contributed by atoms with Crippen molar-refractivity contribution in [2.45, 2.75) is 59.5 Å². The van der Waals surface area contributed by atoms with Crippen LogP contribution in [0.3, 0.4) is 0 Å². The van der Waals surface area contributed by atoms with Gasteiger partial charge in [-0.05, 0) is 45.4 Å². The van der Waals surface area contributed by atoms with Gasteiger partial charge < -0.3 is 4.74 Å². The van der Waals surface area contributed by atoms with Gasteiger partial charge in [0, 0.05) is 18.4 Å². The fraction of sp³-hybridized carbons (Fsp3) is 0.929. The smallest absolute Gasteiger partial charge is 0.138 e. The third-order valence-electron chi connectivity index (χ3n) is 3.48. The van der Waals surface area contributed by atoms with Gasteiger partial charge in [0.15, 0.2) is 0 Å². The van der Waals surface area contributed by atoms with Crippen LogP contribution in [0.5, 0.6) is 0 Å². The molecule has 0 bridgehead atoms. The summed E-state index contributed by atoms with van der Waals surface area (Å²) in [6, 6.07) is 0. The molecule has 1 aliphatic rings. The van der Waals surface area contributed by atoms with Crippen LogP contribution in [0.15, 0.2) is 0 Å². The number of ether oxygens (including phenoxy) is 1. The molecule has 0 atom stereocenters. The fourth-order valence-corrected chi connectivity index (χ4v) is 2.41. The molecule has 0 unspecified atom stereocenters. The topological polar surface area (TPSA) is 26.3 Å². The summed E-state index contributed by atoms with van der Waals surface area (Å²) in [5.41, 5.74) is 0. The minimum absolute atomic E-state index is 0.202. The van der Waals surface area contributed by atoms with Gasteiger partial charge in [-0.2, -0.15) is 0 Å². The molecule has 0 aromatic carbocycles. The number of Topliss-reactive ketones (excluding diaryl/α,β-unsaturated/α-hetero) is 1. The first kappa shape index (κ1) is 13.7. The molecular formula is C14H26O2. The number of carbonyl (C=O) groups is 1. The van der Waals surface area contributed by atoms with Crippen LogP contribution in [-0.2, 0) is 9.53 Å². The molecule has 1 saturated carbocycles. The largest absolute Gasteiger partial charge is 0.379 e. The Morgan fingerprint density at radius 2 is 1.69 bits per heavy atom. The summed E-state index contributed by atoms with van der Waals surface area (Å²) in [6.45, 7) is 9.05. The zero-order chi connectivity index (χ0) is 12.1. The summed E-state index contributed by atoms with van der Waals surface area (Å²) in [7, 11) is 0. The van der Waals surface area contributed by atoms with Gasteiger partial charge in [0.05, 0.1) is 6.10 Å². The van der Waals surface area contributed by atoms with E-state index in [0.717, 1.165) is 32.3 Å². The summed E-state index contributed by atoms with van der Waals surface area (Å²) >= 11 is 0. The zero-order valence-electron chi connectivity index (χ0n) is 11.2. The summed E-state index contributed by atoms with van der Waals surface area (Å²) in [5.74, 6) is 1.67. The first-order chi connectivity index (χ1) is 7.50. The van der Waals surface area contributed by atoms with Gasteiger partial charge in [0.2, 0.25) is 0 Å². The highest BCUT2D eigenvalue weighted by molar-refractivity contribution is 5.82. The zero-order valence-corrected chi connectivity index (χ0v) is 11.2. The third kappa shape index (κ3) is 4.25. The number of hydrogen-bond donors (Lipinski definition) is 0. The minimum atomic E-state index is 0.202. The SMILES string of the molecule is CC(C)OCC1CCC(C(=O)C(C)C)CC1. The van der Waals surface area contributed by atoms with Gasteiger partial charge >= 0.3 is 0 Å². The Labute approximate surface area is 99.8 Å². The molecule has 16 heavy (non-hydrogen) atoms. The first-order valence-electron chi connectivity index (χ1n) is 6.66. The molecule has 0 aromatic rings. The molecule has 0 radical (unpaired) electrons. The van der Waals surface area contributed by atoms with E-state index in [4.69, 9.17) is 4.74 Å². The molecule has 0 N–H and O–H groups in total. The summed E-state index contributed by atoms with van der Waals surface area (Å²) in [4.78, 5) is 11.8. The highest BCUT2D eigenvalue weighted by Crippen LogP contribution is 2.31. The van der Waals surface area contributed by atoms with Crippen LogP contribution in [0.2, 0.25) is 0 Å². The predicted molar refractivity (Wildman–Crippen MR) is 66.4 cm³/mol. The molecule has 0 aliphatic heterocycles. The van der Waals surface area contributed by atoms with Crippen LogP contribution in [0.25, 0.3) is 0 Å². The second-order valence-corrected chi connectivity index (χ2v) is 5.66. The monoisotopic (exact) mass is 226 g/mol. The van der Waals surface area contributed by atoms with Crippen LogP contribution >= 0.6 is 0 Å². The first-order valence-corrected chi connectivity index (χ1v) is 6.66. The van der Waals surface area contributed by atoms with Crippen molar-refractivity contribution in [3.63, 3.8) is 0 Å². The van der Waals surface area contributed by atoms with E-state index in [2.05, 4.69) is 13.8 Å². The normalized spacial score (nSPS) is 26.4. The lowest BCUT2D eigenvalue weighted by atomic mass is 9.78. The molecule has 1 rings (SSSR count). The van der Waals surface area contributed by atoms with Crippen molar-refractivity contribution in [1.82, 2.24) is 0 Å². The van der Waals surface area contributed by atoms with Gasteiger partial charge in [-0.1, -0.05) is 13.8 Å². The highest BCUT2D eigenvalue weighted by atomic mass is 16.5. The van der Waals surface area contributed by atoms with Crippen LogP contribution in [0.4, 0.5) is 0 Å². The maximum atomic E-state index is 11.8. The summed E-state index contributed by atoms with van der Waals surface area (Å²) in [6.07, 6.45) is 4.80. The molecular weight excluding hydrogens is 200 g/mol. The van der Waals surface area contributed by atoms with Gasteiger partial charge in [-0.3, -0.25) is 4.79 Å². The van der Waals surface area contributed by atoms with Crippen molar-refractivity contribution in [3.05, 3.63) is 0 Å². The molecule has 0 aromatic heterocycles. The van der Waals surface area contributed by atoms with E-state index in [1.165, 1.54) is 0 Å². The molecule has 94 valence electrons. The van der Waals surface area contributed by atoms with Crippen molar-refractivity contribution in [1.29, 1.82) is 0 Å². The predicted octanol–water partition coefficient (Wildman–Crippen LogP) is 3.44. The summed E-state index contributed by atoms with van der Waals surface area (Å²) < 4.78 is 5.64. The van der Waals surface area contributed by atoms with Crippen LogP contribution in [-0.4, -0.2) is 18.5 Å². The lowest BCUT2D eigenvalue weighted by molar-refractivity contribution is -0.127. The van der Waals surface area contributed by atoms with Crippen molar-refractivity contribution in [3.8, 4) is 0 Å². The maximum absolute atomic E-state index is 11.8. The number of ketones is 1. The van der Waals surface area contributed by atoms with Gasteiger partial charge in [-0.25, -0.2) is 0 Å². The fourth-order valence-electron chi connectivity index (χ4n) is 2.41. The minimum Gasteiger partial charge on any atom is -0.379 e. The van der Waals surface area contributed by atoms with E-state index in [1.807, 2.05) is 13.8 Å². The van der Waals surface area contributed by atoms with Crippen molar-refractivity contribution < 1.29 is 9.53 Å². The standard InChI is InChI=1S/C14H26O2/c1-10(2)14(15)13-7-5-12(6-8-13)9-16-11(3)4/h10-13H,5-9H2,1-4H3. The van der Waals surface area contributed by atoms with E-state index >= 15 is 0 Å². The Hall–Kier alpha value is -0.370. The quantitative estimate of drug-likeness (QED) is 0.717. The molecule has 0 heterocycles. The van der Waals surface area contributed by atoms with Crippen LogP contribution in [0, 0.1) is 17.8 Å². The second kappa shape index (κ2) is 6.39. The average molecular weight is 226 g/mol. The van der Waals surface area contributed by atoms with Crippen LogP contribution < -0.4 is 0 Å². The lowest BCUT2D eigenvalue weighted by Crippen LogP contribution is -2.27. The Morgan fingerprint density at radius 1 is 1.12 bits per heavy atom. The molecule has 0 amide bonds. The summed E-state index contributed by atoms with van der Waals surface area (Å²) in [5, 5.41) is 0. The number of rotatable bonds is 5. The maximum Gasteiger partial charge on any atom is 0.138 e. The Balaban J connectivity index is 2.26. The second-order valence-electron chi connectivity index (χ2n) is 5.66. The van der Waals surface area contributed by atoms with E-state index in [9.17, 15) is 4.79 Å². The Bertz CT molecular complexity index is 213. The van der Waals surface area contributed by atoms with E-state index in [0.29, 0.717) is 23.7 Å².